The van der Waals surface area contributed by atoms with E-state index in [0.717, 1.165) is 33.5 Å². The Balaban J connectivity index is 1.79. The fourth-order valence-corrected chi connectivity index (χ4v) is 2.74. The minimum Gasteiger partial charge on any atom is -0.497 e. The van der Waals surface area contributed by atoms with Crippen molar-refractivity contribution in [1.82, 2.24) is 4.98 Å². The molecule has 0 saturated heterocycles. The van der Waals surface area contributed by atoms with Gasteiger partial charge in [0.1, 0.15) is 5.75 Å². The second-order valence-electron chi connectivity index (χ2n) is 5.64. The first-order valence-corrected chi connectivity index (χ1v) is 8.11. The van der Waals surface area contributed by atoms with E-state index >= 15 is 0 Å². The Bertz CT molecular complexity index is 834. The molecule has 24 heavy (non-hydrogen) atoms. The van der Waals surface area contributed by atoms with Gasteiger partial charge < -0.3 is 14.5 Å². The molecule has 0 bridgehead atoms. The maximum Gasteiger partial charge on any atom is 0.306 e. The fraction of sp³-hybridized carbons (Fsp3) is 0.250. The number of aromatic nitrogens is 1. The number of hydrogen-bond acceptors (Lipinski definition) is 3. The summed E-state index contributed by atoms with van der Waals surface area (Å²) in [4.78, 5) is 14.9. The molecular formula is C20H21NO3. The summed E-state index contributed by atoms with van der Waals surface area (Å²) in [6.07, 6.45) is 1.10. The van der Waals surface area contributed by atoms with Crippen molar-refractivity contribution in [3.63, 3.8) is 0 Å². The highest BCUT2D eigenvalue weighted by atomic mass is 16.5. The van der Waals surface area contributed by atoms with Gasteiger partial charge >= 0.3 is 5.97 Å². The molecule has 0 aliphatic heterocycles. The van der Waals surface area contributed by atoms with Gasteiger partial charge in [-0.25, -0.2) is 0 Å². The van der Waals surface area contributed by atoms with E-state index in [-0.39, 0.29) is 5.97 Å². The summed E-state index contributed by atoms with van der Waals surface area (Å²) in [7, 11) is 1.66. The third kappa shape index (κ3) is 3.59. The molecule has 4 heteroatoms. The Morgan fingerprint density at radius 3 is 2.58 bits per heavy atom. The standard InChI is InChI=1S/C20H21NO3/c1-3-24-20(22)11-5-14-4-10-18-16(12-14)13-19(21-18)15-6-8-17(23-2)9-7-15/h4,6-10,12-13,21H,3,5,11H2,1-2H3. The van der Waals surface area contributed by atoms with Crippen LogP contribution in [0, 0.1) is 0 Å². The lowest BCUT2D eigenvalue weighted by Crippen LogP contribution is -2.04. The molecular weight excluding hydrogens is 302 g/mol. The van der Waals surface area contributed by atoms with E-state index in [0.29, 0.717) is 19.4 Å². The highest BCUT2D eigenvalue weighted by Gasteiger charge is 2.07. The molecule has 1 N–H and O–H groups in total. The molecule has 0 aliphatic rings. The van der Waals surface area contributed by atoms with Gasteiger partial charge in [-0.2, -0.15) is 0 Å². The van der Waals surface area contributed by atoms with Crippen molar-refractivity contribution in [1.29, 1.82) is 0 Å². The van der Waals surface area contributed by atoms with Crippen LogP contribution in [0.3, 0.4) is 0 Å². The molecule has 1 heterocycles. The van der Waals surface area contributed by atoms with Crippen molar-refractivity contribution in [2.75, 3.05) is 13.7 Å². The number of fused-ring (bicyclic) bond motifs is 1. The topological polar surface area (TPSA) is 51.3 Å². The molecule has 3 aromatic rings. The molecule has 3 rings (SSSR count). The van der Waals surface area contributed by atoms with Gasteiger partial charge in [0.2, 0.25) is 0 Å². The highest BCUT2D eigenvalue weighted by molar-refractivity contribution is 5.86. The maximum atomic E-state index is 11.5. The normalized spacial score (nSPS) is 10.8. The SMILES string of the molecule is CCOC(=O)CCc1ccc2[nH]c(-c3ccc(OC)cc3)cc2c1. The first-order valence-electron chi connectivity index (χ1n) is 8.11. The van der Waals surface area contributed by atoms with Gasteiger partial charge in [0.25, 0.3) is 0 Å². The summed E-state index contributed by atoms with van der Waals surface area (Å²) in [6, 6.07) is 16.3. The zero-order chi connectivity index (χ0) is 16.9. The Morgan fingerprint density at radius 1 is 1.08 bits per heavy atom. The predicted octanol–water partition coefficient (Wildman–Crippen LogP) is 4.34. The monoisotopic (exact) mass is 323 g/mol. The third-order valence-corrected chi connectivity index (χ3v) is 4.01. The zero-order valence-corrected chi connectivity index (χ0v) is 14.0. The van der Waals surface area contributed by atoms with Crippen LogP contribution in [-0.4, -0.2) is 24.7 Å². The number of aryl methyl sites for hydroxylation is 1. The van der Waals surface area contributed by atoms with Crippen LogP contribution in [0.4, 0.5) is 0 Å². The van der Waals surface area contributed by atoms with E-state index in [1.54, 1.807) is 7.11 Å². The van der Waals surface area contributed by atoms with Gasteiger partial charge in [0.15, 0.2) is 0 Å². The van der Waals surface area contributed by atoms with E-state index in [1.165, 1.54) is 0 Å². The summed E-state index contributed by atoms with van der Waals surface area (Å²) in [5.41, 5.74) is 4.40. The molecule has 0 saturated carbocycles. The van der Waals surface area contributed by atoms with Crippen molar-refractivity contribution in [3.05, 3.63) is 54.1 Å². The van der Waals surface area contributed by atoms with Crippen molar-refractivity contribution in [2.24, 2.45) is 0 Å². The number of aromatic amines is 1. The Kier molecular flexibility index (Phi) is 4.85. The van der Waals surface area contributed by atoms with E-state index < -0.39 is 0 Å². The number of carbonyl (C=O) groups is 1. The number of rotatable bonds is 6. The number of nitrogens with one attached hydrogen (secondary N) is 1. The number of carbonyl (C=O) groups excluding carboxylic acids is 1. The second-order valence-corrected chi connectivity index (χ2v) is 5.64. The van der Waals surface area contributed by atoms with Crippen molar-refractivity contribution < 1.29 is 14.3 Å². The van der Waals surface area contributed by atoms with Crippen LogP contribution < -0.4 is 4.74 Å². The zero-order valence-electron chi connectivity index (χ0n) is 14.0. The minimum atomic E-state index is -0.148. The molecule has 0 fully saturated rings. The van der Waals surface area contributed by atoms with Crippen LogP contribution in [0.1, 0.15) is 18.9 Å². The Morgan fingerprint density at radius 2 is 1.88 bits per heavy atom. The first-order chi connectivity index (χ1) is 11.7. The number of ether oxygens (including phenoxy) is 2. The average Bonchev–Trinajstić information content (AvgIpc) is 3.03. The molecule has 124 valence electrons. The maximum absolute atomic E-state index is 11.5. The van der Waals surface area contributed by atoms with Gasteiger partial charge in [0, 0.05) is 23.0 Å². The third-order valence-electron chi connectivity index (χ3n) is 4.01. The van der Waals surface area contributed by atoms with Gasteiger partial charge in [-0.15, -0.1) is 0 Å². The summed E-state index contributed by atoms with van der Waals surface area (Å²) in [5.74, 6) is 0.696. The number of hydrogen-bond donors (Lipinski definition) is 1. The van der Waals surface area contributed by atoms with Crippen LogP contribution in [0.2, 0.25) is 0 Å². The van der Waals surface area contributed by atoms with E-state index in [2.05, 4.69) is 29.2 Å². The van der Waals surface area contributed by atoms with Crippen LogP contribution >= 0.6 is 0 Å². The molecule has 0 atom stereocenters. The number of benzene rings is 2. The minimum absolute atomic E-state index is 0.148. The van der Waals surface area contributed by atoms with Crippen LogP contribution in [0.25, 0.3) is 22.2 Å². The second kappa shape index (κ2) is 7.21. The average molecular weight is 323 g/mol. The summed E-state index contributed by atoms with van der Waals surface area (Å²) >= 11 is 0. The number of H-pyrrole nitrogens is 1. The van der Waals surface area contributed by atoms with Crippen LogP contribution in [0.15, 0.2) is 48.5 Å². The van der Waals surface area contributed by atoms with Crippen LogP contribution in [0.5, 0.6) is 5.75 Å². The van der Waals surface area contributed by atoms with Crippen molar-refractivity contribution in [2.45, 2.75) is 19.8 Å². The van der Waals surface area contributed by atoms with E-state index in [1.807, 2.05) is 31.2 Å². The lowest BCUT2D eigenvalue weighted by Gasteiger charge is -2.02. The summed E-state index contributed by atoms with van der Waals surface area (Å²) in [6.45, 7) is 2.26. The summed E-state index contributed by atoms with van der Waals surface area (Å²) in [5, 5.41) is 1.14. The molecule has 4 nitrogen and oxygen atoms in total. The van der Waals surface area contributed by atoms with Gasteiger partial charge in [0.05, 0.1) is 13.7 Å². The molecule has 0 spiro atoms. The first kappa shape index (κ1) is 16.1. The molecule has 2 aromatic carbocycles. The lowest BCUT2D eigenvalue weighted by atomic mass is 10.1. The van der Waals surface area contributed by atoms with Crippen molar-refractivity contribution >= 4 is 16.9 Å². The van der Waals surface area contributed by atoms with Crippen molar-refractivity contribution in [3.8, 4) is 17.0 Å². The molecule has 0 amide bonds. The molecule has 0 aliphatic carbocycles. The van der Waals surface area contributed by atoms with Gasteiger partial charge in [-0.1, -0.05) is 6.07 Å². The summed E-state index contributed by atoms with van der Waals surface area (Å²) < 4.78 is 10.2. The Labute approximate surface area is 141 Å². The van der Waals surface area contributed by atoms with E-state index in [9.17, 15) is 4.79 Å². The number of methoxy groups -OCH3 is 1. The van der Waals surface area contributed by atoms with Gasteiger partial charge in [-0.3, -0.25) is 4.79 Å². The number of esters is 1. The lowest BCUT2D eigenvalue weighted by molar-refractivity contribution is -0.143. The quantitative estimate of drug-likeness (QED) is 0.687. The highest BCUT2D eigenvalue weighted by Crippen LogP contribution is 2.26. The smallest absolute Gasteiger partial charge is 0.306 e. The Hall–Kier alpha value is -2.75. The van der Waals surface area contributed by atoms with Gasteiger partial charge in [-0.05, 0) is 66.9 Å². The molecule has 1 aromatic heterocycles. The fourth-order valence-electron chi connectivity index (χ4n) is 2.74. The largest absolute Gasteiger partial charge is 0.497 e. The molecule has 0 unspecified atom stereocenters. The van der Waals surface area contributed by atoms with Crippen LogP contribution in [-0.2, 0) is 16.0 Å². The van der Waals surface area contributed by atoms with E-state index in [4.69, 9.17) is 9.47 Å². The molecule has 0 radical (unpaired) electrons. The predicted molar refractivity (Wildman–Crippen MR) is 95.2 cm³/mol.